The van der Waals surface area contributed by atoms with Gasteiger partial charge in [-0.2, -0.15) is 0 Å². The lowest BCUT2D eigenvalue weighted by molar-refractivity contribution is 0.120. The summed E-state index contributed by atoms with van der Waals surface area (Å²) in [5.74, 6) is 0.961. The first-order valence-electron chi connectivity index (χ1n) is 5.71. The third-order valence-electron chi connectivity index (χ3n) is 2.70. The van der Waals surface area contributed by atoms with Crippen molar-refractivity contribution >= 4 is 0 Å². The fraction of sp³-hybridized carbons (Fsp3) is 0.583. The van der Waals surface area contributed by atoms with Crippen molar-refractivity contribution in [2.75, 3.05) is 6.54 Å². The second kappa shape index (κ2) is 5.12. The van der Waals surface area contributed by atoms with Gasteiger partial charge in [-0.1, -0.05) is 6.92 Å². The van der Waals surface area contributed by atoms with Crippen LogP contribution in [0.15, 0.2) is 18.3 Å². The Morgan fingerprint density at radius 2 is 2.40 bits per heavy atom. The predicted octanol–water partition coefficient (Wildman–Crippen LogP) is 2.12. The van der Waals surface area contributed by atoms with Gasteiger partial charge in [0.15, 0.2) is 0 Å². The lowest BCUT2D eigenvalue weighted by Gasteiger charge is -2.26. The van der Waals surface area contributed by atoms with E-state index in [9.17, 15) is 0 Å². The van der Waals surface area contributed by atoms with Crippen LogP contribution in [0.3, 0.4) is 0 Å². The van der Waals surface area contributed by atoms with Gasteiger partial charge in [-0.3, -0.25) is 4.98 Å². The molecule has 0 amide bonds. The molecule has 1 aliphatic rings. The van der Waals surface area contributed by atoms with Crippen molar-refractivity contribution in [3.8, 4) is 5.75 Å². The molecule has 1 fully saturated rings. The van der Waals surface area contributed by atoms with Crippen LogP contribution in [0.4, 0.5) is 0 Å². The second-order valence-electron chi connectivity index (χ2n) is 3.93. The summed E-state index contributed by atoms with van der Waals surface area (Å²) in [6, 6.07) is 3.97. The molecule has 82 valence electrons. The molecule has 1 heterocycles. The number of nitrogens with one attached hydrogen (secondary N) is 1. The molecule has 1 aliphatic carbocycles. The molecule has 0 aliphatic heterocycles. The van der Waals surface area contributed by atoms with Crippen molar-refractivity contribution in [1.82, 2.24) is 10.3 Å². The lowest BCUT2D eigenvalue weighted by atomic mass is 9.96. The SMILES string of the molecule is CCNCc1cc(OC2CCC2)ccn1. The first kappa shape index (κ1) is 10.4. The molecule has 0 aromatic carbocycles. The largest absolute Gasteiger partial charge is 0.490 e. The topological polar surface area (TPSA) is 34.1 Å². The number of aromatic nitrogens is 1. The molecule has 0 spiro atoms. The molecule has 0 atom stereocenters. The predicted molar refractivity (Wildman–Crippen MR) is 59.9 cm³/mol. The fourth-order valence-electron chi connectivity index (χ4n) is 1.56. The van der Waals surface area contributed by atoms with Crippen LogP contribution in [0.5, 0.6) is 5.75 Å². The van der Waals surface area contributed by atoms with E-state index in [1.807, 2.05) is 18.3 Å². The molecule has 1 aromatic heterocycles. The Morgan fingerprint density at radius 1 is 1.53 bits per heavy atom. The van der Waals surface area contributed by atoms with E-state index in [2.05, 4.69) is 17.2 Å². The molecular formula is C12H18N2O. The number of hydrogen-bond donors (Lipinski definition) is 1. The van der Waals surface area contributed by atoms with Crippen LogP contribution in [0, 0.1) is 0 Å². The highest BCUT2D eigenvalue weighted by atomic mass is 16.5. The summed E-state index contributed by atoms with van der Waals surface area (Å²) in [5.41, 5.74) is 1.05. The zero-order valence-corrected chi connectivity index (χ0v) is 9.20. The Morgan fingerprint density at radius 3 is 3.07 bits per heavy atom. The van der Waals surface area contributed by atoms with Crippen LogP contribution in [0.1, 0.15) is 31.9 Å². The Labute approximate surface area is 90.9 Å². The van der Waals surface area contributed by atoms with E-state index in [-0.39, 0.29) is 0 Å². The van der Waals surface area contributed by atoms with Gasteiger partial charge in [-0.25, -0.2) is 0 Å². The summed E-state index contributed by atoms with van der Waals surface area (Å²) in [7, 11) is 0. The van der Waals surface area contributed by atoms with Crippen molar-refractivity contribution in [2.45, 2.75) is 38.8 Å². The summed E-state index contributed by atoms with van der Waals surface area (Å²) in [4.78, 5) is 4.29. The Bertz CT molecular complexity index is 310. The van der Waals surface area contributed by atoms with Gasteiger partial charge >= 0.3 is 0 Å². The molecule has 3 heteroatoms. The Balaban J connectivity index is 1.92. The van der Waals surface area contributed by atoms with Crippen LogP contribution in [0.25, 0.3) is 0 Å². The van der Waals surface area contributed by atoms with Crippen molar-refractivity contribution in [2.24, 2.45) is 0 Å². The number of ether oxygens (including phenoxy) is 1. The van der Waals surface area contributed by atoms with Crippen LogP contribution >= 0.6 is 0 Å². The molecule has 0 radical (unpaired) electrons. The second-order valence-corrected chi connectivity index (χ2v) is 3.93. The molecule has 0 bridgehead atoms. The third-order valence-corrected chi connectivity index (χ3v) is 2.70. The standard InChI is InChI=1S/C12H18N2O/c1-2-13-9-10-8-12(6-7-14-10)15-11-4-3-5-11/h6-8,11,13H,2-5,9H2,1H3. The summed E-state index contributed by atoms with van der Waals surface area (Å²) >= 11 is 0. The molecule has 2 rings (SSSR count). The maximum atomic E-state index is 5.80. The normalized spacial score (nSPS) is 16.1. The maximum absolute atomic E-state index is 5.80. The zero-order valence-electron chi connectivity index (χ0n) is 9.20. The Hall–Kier alpha value is -1.09. The number of nitrogens with zero attached hydrogens (tertiary/aromatic N) is 1. The van der Waals surface area contributed by atoms with Crippen molar-refractivity contribution in [3.05, 3.63) is 24.0 Å². The minimum atomic E-state index is 0.444. The van der Waals surface area contributed by atoms with Crippen molar-refractivity contribution in [1.29, 1.82) is 0 Å². The monoisotopic (exact) mass is 206 g/mol. The van der Waals surface area contributed by atoms with Gasteiger partial charge in [-0.05, 0) is 31.9 Å². The van der Waals surface area contributed by atoms with Gasteiger partial charge in [0, 0.05) is 18.8 Å². The van der Waals surface area contributed by atoms with E-state index in [1.165, 1.54) is 19.3 Å². The van der Waals surface area contributed by atoms with E-state index in [0.29, 0.717) is 6.10 Å². The smallest absolute Gasteiger partial charge is 0.123 e. The minimum absolute atomic E-state index is 0.444. The van der Waals surface area contributed by atoms with Gasteiger partial charge in [0.25, 0.3) is 0 Å². The molecule has 15 heavy (non-hydrogen) atoms. The van der Waals surface area contributed by atoms with Gasteiger partial charge < -0.3 is 10.1 Å². The van der Waals surface area contributed by atoms with Gasteiger partial charge in [0.05, 0.1) is 11.8 Å². The Kier molecular flexibility index (Phi) is 3.56. The fourth-order valence-corrected chi connectivity index (χ4v) is 1.56. The average Bonchev–Trinajstić information content (AvgIpc) is 2.21. The zero-order chi connectivity index (χ0) is 10.5. The van der Waals surface area contributed by atoms with Crippen LogP contribution < -0.4 is 10.1 Å². The van der Waals surface area contributed by atoms with E-state index < -0.39 is 0 Å². The van der Waals surface area contributed by atoms with Gasteiger partial charge in [0.1, 0.15) is 5.75 Å². The molecule has 1 saturated carbocycles. The van der Waals surface area contributed by atoms with E-state index in [1.54, 1.807) is 0 Å². The van der Waals surface area contributed by atoms with E-state index in [0.717, 1.165) is 24.5 Å². The highest BCUT2D eigenvalue weighted by molar-refractivity contribution is 5.23. The van der Waals surface area contributed by atoms with Crippen LogP contribution in [-0.4, -0.2) is 17.6 Å². The van der Waals surface area contributed by atoms with Gasteiger partial charge in [0.2, 0.25) is 0 Å². The molecule has 1 N–H and O–H groups in total. The maximum Gasteiger partial charge on any atom is 0.123 e. The molecule has 0 saturated heterocycles. The summed E-state index contributed by atoms with van der Waals surface area (Å²) in [5, 5.41) is 3.25. The number of hydrogen-bond acceptors (Lipinski definition) is 3. The first-order valence-corrected chi connectivity index (χ1v) is 5.71. The van der Waals surface area contributed by atoms with Crippen molar-refractivity contribution < 1.29 is 4.74 Å². The van der Waals surface area contributed by atoms with Crippen LogP contribution in [0.2, 0.25) is 0 Å². The summed E-state index contributed by atoms with van der Waals surface area (Å²) in [6.07, 6.45) is 5.97. The molecule has 3 nitrogen and oxygen atoms in total. The lowest BCUT2D eigenvalue weighted by Crippen LogP contribution is -2.24. The van der Waals surface area contributed by atoms with Crippen LogP contribution in [-0.2, 0) is 6.54 Å². The molecular weight excluding hydrogens is 188 g/mol. The summed E-state index contributed by atoms with van der Waals surface area (Å²) < 4.78 is 5.80. The minimum Gasteiger partial charge on any atom is -0.490 e. The molecule has 0 unspecified atom stereocenters. The number of pyridine rings is 1. The highest BCUT2D eigenvalue weighted by Crippen LogP contribution is 2.24. The highest BCUT2D eigenvalue weighted by Gasteiger charge is 2.18. The van der Waals surface area contributed by atoms with E-state index in [4.69, 9.17) is 4.74 Å². The molecule has 1 aromatic rings. The van der Waals surface area contributed by atoms with E-state index >= 15 is 0 Å². The summed E-state index contributed by atoms with van der Waals surface area (Å²) in [6.45, 7) is 3.88. The quantitative estimate of drug-likeness (QED) is 0.801. The first-order chi connectivity index (χ1) is 7.38. The average molecular weight is 206 g/mol. The third kappa shape index (κ3) is 2.93. The number of rotatable bonds is 5. The van der Waals surface area contributed by atoms with Crippen molar-refractivity contribution in [3.63, 3.8) is 0 Å². The van der Waals surface area contributed by atoms with Gasteiger partial charge in [-0.15, -0.1) is 0 Å².